The Bertz CT molecular complexity index is 1260. The number of nitrogens with zero attached hydrogens (tertiary/aromatic N) is 1. The van der Waals surface area contributed by atoms with E-state index in [9.17, 15) is 23.4 Å². The Balaban J connectivity index is 1.93. The number of nitrogens with one attached hydrogen (secondary N) is 1. The van der Waals surface area contributed by atoms with Gasteiger partial charge >= 0.3 is 6.09 Å². The van der Waals surface area contributed by atoms with Crippen molar-refractivity contribution in [2.24, 2.45) is 5.92 Å². The predicted molar refractivity (Wildman–Crippen MR) is 141 cm³/mol. The molecule has 35 heavy (non-hydrogen) atoms. The molecule has 11 heteroatoms. The van der Waals surface area contributed by atoms with Crippen LogP contribution in [-0.2, 0) is 21.8 Å². The molecule has 2 aromatic carbocycles. The number of benzene rings is 2. The summed E-state index contributed by atoms with van der Waals surface area (Å²) >= 11 is 6.76. The van der Waals surface area contributed by atoms with Gasteiger partial charge in [0.25, 0.3) is 0 Å². The first-order valence-corrected chi connectivity index (χ1v) is 14.4. The van der Waals surface area contributed by atoms with Crippen molar-refractivity contribution < 1.29 is 27.8 Å². The summed E-state index contributed by atoms with van der Waals surface area (Å²) in [6.07, 6.45) is -2.35. The molecule has 1 aromatic heterocycles. The summed E-state index contributed by atoms with van der Waals surface area (Å²) in [6.45, 7) is 3.65. The molecule has 1 heterocycles. The monoisotopic (exact) mass is 630 g/mol. The molecule has 0 fully saturated rings. The largest absolute Gasteiger partial charge is 0.465 e. The number of hydrogen-bond donors (Lipinski definition) is 3. The van der Waals surface area contributed by atoms with E-state index in [1.165, 1.54) is 10.4 Å². The number of sulfonamides is 1. The van der Waals surface area contributed by atoms with Crippen molar-refractivity contribution in [3.05, 3.63) is 64.3 Å². The molecule has 0 saturated carbocycles. The Labute approximate surface area is 221 Å². The maximum atomic E-state index is 13.7. The fourth-order valence-corrected chi connectivity index (χ4v) is 6.97. The number of fused-ring (bicyclic) bond motifs is 1. The van der Waals surface area contributed by atoms with E-state index in [1.807, 2.05) is 44.2 Å². The number of furan rings is 1. The van der Waals surface area contributed by atoms with Crippen molar-refractivity contribution in [1.82, 2.24) is 9.62 Å². The summed E-state index contributed by atoms with van der Waals surface area (Å²) in [4.78, 5) is 11.5. The van der Waals surface area contributed by atoms with Crippen LogP contribution in [0.1, 0.15) is 25.0 Å². The quantitative estimate of drug-likeness (QED) is 0.257. The van der Waals surface area contributed by atoms with Gasteiger partial charge in [-0.25, -0.2) is 13.2 Å². The van der Waals surface area contributed by atoms with Crippen molar-refractivity contribution in [3.63, 3.8) is 0 Å². The fourth-order valence-electron chi connectivity index (χ4n) is 3.86. The molecule has 3 aromatic rings. The van der Waals surface area contributed by atoms with E-state index in [0.717, 1.165) is 11.1 Å². The lowest BCUT2D eigenvalue weighted by molar-refractivity contribution is 0.0980. The molecule has 3 N–H and O–H groups in total. The van der Waals surface area contributed by atoms with Gasteiger partial charge in [0.1, 0.15) is 5.58 Å². The molecule has 2 unspecified atom stereocenters. The highest BCUT2D eigenvalue weighted by Crippen LogP contribution is 2.34. The van der Waals surface area contributed by atoms with Gasteiger partial charge in [0.05, 0.1) is 17.0 Å². The van der Waals surface area contributed by atoms with Crippen LogP contribution in [0.5, 0.6) is 0 Å². The summed E-state index contributed by atoms with van der Waals surface area (Å²) < 4.78 is 34.7. The standard InChI is InChI=1S/C24H28Br2N2O6S/c1-15(2)13-28(14-21(29)20(27-24(30)31)10-16-6-4-3-5-7-16)35(32,33)17-8-9-22-18(11-17)19(12-25)23(26)34-22/h3-9,11,15,20-21,27,29H,10,12-14H2,1-2H3,(H,30,31). The summed E-state index contributed by atoms with van der Waals surface area (Å²) in [5.41, 5.74) is 2.16. The third kappa shape index (κ3) is 6.85. The van der Waals surface area contributed by atoms with Gasteiger partial charge in [-0.2, -0.15) is 4.31 Å². The lowest BCUT2D eigenvalue weighted by Gasteiger charge is -2.30. The average molecular weight is 632 g/mol. The summed E-state index contributed by atoms with van der Waals surface area (Å²) in [5, 5.41) is 23.8. The highest BCUT2D eigenvalue weighted by Gasteiger charge is 2.32. The summed E-state index contributed by atoms with van der Waals surface area (Å²) in [7, 11) is -4.01. The lowest BCUT2D eigenvalue weighted by Crippen LogP contribution is -2.50. The number of carboxylic acid groups (broad SMARTS) is 1. The SMILES string of the molecule is CC(C)CN(CC(O)C(Cc1ccccc1)NC(=O)O)S(=O)(=O)c1ccc2oc(Br)c(CBr)c2c1. The van der Waals surface area contributed by atoms with Gasteiger partial charge in [0.15, 0.2) is 4.67 Å². The number of aliphatic hydroxyl groups excluding tert-OH is 1. The van der Waals surface area contributed by atoms with E-state index in [4.69, 9.17) is 4.42 Å². The van der Waals surface area contributed by atoms with E-state index in [2.05, 4.69) is 37.2 Å². The number of aliphatic hydroxyl groups is 1. The molecule has 1 amide bonds. The van der Waals surface area contributed by atoms with Crippen LogP contribution in [0.25, 0.3) is 11.0 Å². The third-order valence-electron chi connectivity index (χ3n) is 5.52. The Morgan fingerprint density at radius 1 is 1.14 bits per heavy atom. The zero-order chi connectivity index (χ0) is 25.8. The molecule has 0 aliphatic heterocycles. The van der Waals surface area contributed by atoms with Crippen LogP contribution in [0.2, 0.25) is 0 Å². The molecule has 0 aliphatic rings. The van der Waals surface area contributed by atoms with Crippen LogP contribution in [-0.4, -0.2) is 54.3 Å². The Kier molecular flexibility index (Phi) is 9.39. The zero-order valence-electron chi connectivity index (χ0n) is 19.3. The minimum absolute atomic E-state index is 0.0260. The molecule has 190 valence electrons. The molecule has 3 rings (SSSR count). The van der Waals surface area contributed by atoms with Crippen LogP contribution < -0.4 is 5.32 Å². The normalized spacial score (nSPS) is 13.9. The van der Waals surface area contributed by atoms with Crippen LogP contribution >= 0.6 is 31.9 Å². The average Bonchev–Trinajstić information content (AvgIpc) is 3.12. The van der Waals surface area contributed by atoms with E-state index in [0.29, 0.717) is 21.0 Å². The van der Waals surface area contributed by atoms with Gasteiger partial charge < -0.3 is 19.9 Å². The van der Waals surface area contributed by atoms with Gasteiger partial charge in [-0.15, -0.1) is 0 Å². The minimum atomic E-state index is -4.01. The minimum Gasteiger partial charge on any atom is -0.465 e. The number of rotatable bonds is 11. The second-order valence-electron chi connectivity index (χ2n) is 8.67. The summed E-state index contributed by atoms with van der Waals surface area (Å²) in [6, 6.07) is 12.9. The maximum Gasteiger partial charge on any atom is 0.404 e. The molecule has 0 radical (unpaired) electrons. The Morgan fingerprint density at radius 2 is 1.83 bits per heavy atom. The van der Waals surface area contributed by atoms with E-state index in [1.54, 1.807) is 12.1 Å². The van der Waals surface area contributed by atoms with Crippen LogP contribution in [0.3, 0.4) is 0 Å². The molecular formula is C24H28Br2N2O6S. The maximum absolute atomic E-state index is 13.7. The number of amides is 1. The van der Waals surface area contributed by atoms with Crippen molar-refractivity contribution in [3.8, 4) is 0 Å². The number of hydrogen-bond acceptors (Lipinski definition) is 5. The number of halogens is 2. The third-order valence-corrected chi connectivity index (χ3v) is 8.54. The van der Waals surface area contributed by atoms with Gasteiger partial charge in [-0.3, -0.25) is 0 Å². The van der Waals surface area contributed by atoms with Gasteiger partial charge in [-0.05, 0) is 52.0 Å². The van der Waals surface area contributed by atoms with Crippen LogP contribution in [0.4, 0.5) is 4.79 Å². The molecule has 0 saturated heterocycles. The Morgan fingerprint density at radius 3 is 2.43 bits per heavy atom. The molecule has 0 aliphatic carbocycles. The van der Waals surface area contributed by atoms with E-state index in [-0.39, 0.29) is 30.3 Å². The Hall–Kier alpha value is -1.92. The zero-order valence-corrected chi connectivity index (χ0v) is 23.3. The highest BCUT2D eigenvalue weighted by molar-refractivity contribution is 9.10. The molecular weight excluding hydrogens is 604 g/mol. The van der Waals surface area contributed by atoms with Crippen molar-refractivity contribution >= 4 is 58.9 Å². The van der Waals surface area contributed by atoms with Crippen LogP contribution in [0.15, 0.2) is 62.5 Å². The van der Waals surface area contributed by atoms with Gasteiger partial charge in [0, 0.05) is 29.4 Å². The molecule has 0 spiro atoms. The predicted octanol–water partition coefficient (Wildman–Crippen LogP) is 4.98. The molecule has 2 atom stereocenters. The second kappa shape index (κ2) is 11.9. The van der Waals surface area contributed by atoms with Crippen LogP contribution in [0, 0.1) is 5.92 Å². The topological polar surface area (TPSA) is 120 Å². The van der Waals surface area contributed by atoms with Gasteiger partial charge in [0.2, 0.25) is 10.0 Å². The first-order valence-electron chi connectivity index (χ1n) is 11.0. The lowest BCUT2D eigenvalue weighted by atomic mass is 10.0. The highest BCUT2D eigenvalue weighted by atomic mass is 79.9. The molecule has 0 bridgehead atoms. The van der Waals surface area contributed by atoms with Crippen molar-refractivity contribution in [2.45, 2.75) is 42.6 Å². The van der Waals surface area contributed by atoms with Crippen molar-refractivity contribution in [2.75, 3.05) is 13.1 Å². The van der Waals surface area contributed by atoms with E-state index >= 15 is 0 Å². The van der Waals surface area contributed by atoms with Gasteiger partial charge in [-0.1, -0.05) is 60.1 Å². The second-order valence-corrected chi connectivity index (χ2v) is 11.9. The number of carbonyl (C=O) groups is 1. The fraction of sp³-hybridized carbons (Fsp3) is 0.375. The smallest absolute Gasteiger partial charge is 0.404 e. The first-order chi connectivity index (χ1) is 16.5. The van der Waals surface area contributed by atoms with E-state index < -0.39 is 28.3 Å². The number of alkyl halides is 1. The summed E-state index contributed by atoms with van der Waals surface area (Å²) in [5.74, 6) is -0.0260. The van der Waals surface area contributed by atoms with Crippen molar-refractivity contribution in [1.29, 1.82) is 0 Å². The molecule has 8 nitrogen and oxygen atoms in total. The first kappa shape index (κ1) is 27.7.